The van der Waals surface area contributed by atoms with E-state index < -0.39 is 8.32 Å². The summed E-state index contributed by atoms with van der Waals surface area (Å²) in [5.74, 6) is 2.75. The molecule has 0 aromatic carbocycles. The highest BCUT2D eigenvalue weighted by Crippen LogP contribution is 2.75. The molecule has 18 heavy (non-hydrogen) atoms. The normalized spacial score (nSPS) is 45.2. The molecule has 4 atom stereocenters. The monoisotopic (exact) mass is 266 g/mol. The first-order valence-electron chi connectivity index (χ1n) is 7.71. The molecule has 0 heterocycles. The highest BCUT2D eigenvalue weighted by molar-refractivity contribution is 6.74. The van der Waals surface area contributed by atoms with Gasteiger partial charge in [-0.15, -0.1) is 0 Å². The Morgan fingerprint density at radius 2 is 1.67 bits per heavy atom. The number of hydrogen-bond acceptors (Lipinski definition) is 1. The van der Waals surface area contributed by atoms with Gasteiger partial charge in [-0.2, -0.15) is 0 Å². The van der Waals surface area contributed by atoms with Crippen LogP contribution in [0.5, 0.6) is 0 Å². The van der Waals surface area contributed by atoms with Gasteiger partial charge in [-0.05, 0) is 60.6 Å². The van der Waals surface area contributed by atoms with Gasteiger partial charge in [0.25, 0.3) is 0 Å². The lowest BCUT2D eigenvalue weighted by Gasteiger charge is -2.61. The van der Waals surface area contributed by atoms with Crippen LogP contribution in [-0.2, 0) is 4.43 Å². The number of rotatable bonds is 2. The Bertz CT molecular complexity index is 379. The molecule has 4 saturated carbocycles. The van der Waals surface area contributed by atoms with Gasteiger partial charge in [0.2, 0.25) is 0 Å². The average molecular weight is 267 g/mol. The highest BCUT2D eigenvalue weighted by atomic mass is 28.4. The van der Waals surface area contributed by atoms with Crippen LogP contribution in [0.1, 0.15) is 53.9 Å². The van der Waals surface area contributed by atoms with Crippen molar-refractivity contribution < 1.29 is 4.43 Å². The van der Waals surface area contributed by atoms with Gasteiger partial charge < -0.3 is 4.43 Å². The van der Waals surface area contributed by atoms with Crippen molar-refractivity contribution in [2.24, 2.45) is 23.2 Å². The molecule has 104 valence electrons. The van der Waals surface area contributed by atoms with Gasteiger partial charge in [0, 0.05) is 0 Å². The quantitative estimate of drug-likeness (QED) is 0.650. The second kappa shape index (κ2) is 3.25. The second-order valence-electron chi connectivity index (χ2n) is 9.26. The minimum Gasteiger partial charge on any atom is -0.411 e. The van der Waals surface area contributed by atoms with Crippen LogP contribution in [0, 0.1) is 23.2 Å². The zero-order valence-electron chi connectivity index (χ0n) is 13.3. The largest absolute Gasteiger partial charge is 0.411 e. The summed E-state index contributed by atoms with van der Waals surface area (Å²) in [6.07, 6.45) is 4.25. The maximum atomic E-state index is 6.93. The summed E-state index contributed by atoms with van der Waals surface area (Å²) < 4.78 is 6.93. The summed E-state index contributed by atoms with van der Waals surface area (Å²) in [6, 6.07) is 0. The van der Waals surface area contributed by atoms with E-state index in [4.69, 9.17) is 4.43 Å². The molecular formula is C16H30OSi. The molecule has 4 rings (SSSR count). The van der Waals surface area contributed by atoms with E-state index in [0.29, 0.717) is 16.1 Å². The molecule has 0 saturated heterocycles. The van der Waals surface area contributed by atoms with E-state index in [-0.39, 0.29) is 0 Å². The van der Waals surface area contributed by atoms with Gasteiger partial charge in [0.05, 0.1) is 5.60 Å². The van der Waals surface area contributed by atoms with E-state index in [1.54, 1.807) is 0 Å². The molecule has 4 fully saturated rings. The molecule has 0 spiro atoms. The van der Waals surface area contributed by atoms with Gasteiger partial charge in [-0.25, -0.2) is 0 Å². The molecule has 0 unspecified atom stereocenters. The Morgan fingerprint density at radius 1 is 1.06 bits per heavy atom. The van der Waals surface area contributed by atoms with Crippen molar-refractivity contribution in [2.75, 3.05) is 0 Å². The summed E-state index contributed by atoms with van der Waals surface area (Å²) in [7, 11) is -1.60. The smallest absolute Gasteiger partial charge is 0.192 e. The van der Waals surface area contributed by atoms with Crippen LogP contribution in [0.2, 0.25) is 18.1 Å². The molecule has 2 heteroatoms. The van der Waals surface area contributed by atoms with Gasteiger partial charge in [-0.3, -0.25) is 0 Å². The SMILES string of the molecule is CC1(C)[C@H]2C[C@@H]3C[C@]3(O[Si](C)(C)C(C)(C)C)[C@@H]1C2. The van der Waals surface area contributed by atoms with Crippen molar-refractivity contribution in [1.82, 2.24) is 0 Å². The van der Waals surface area contributed by atoms with E-state index in [2.05, 4.69) is 47.7 Å². The second-order valence-corrected chi connectivity index (χ2v) is 14.0. The summed E-state index contributed by atoms with van der Waals surface area (Å²) in [4.78, 5) is 0. The van der Waals surface area contributed by atoms with Crippen LogP contribution in [0.15, 0.2) is 0 Å². The van der Waals surface area contributed by atoms with E-state index in [1.165, 1.54) is 19.3 Å². The summed E-state index contributed by atoms with van der Waals surface area (Å²) >= 11 is 0. The fourth-order valence-electron chi connectivity index (χ4n) is 4.45. The van der Waals surface area contributed by atoms with Gasteiger partial charge in [0.1, 0.15) is 0 Å². The van der Waals surface area contributed by atoms with E-state index in [9.17, 15) is 0 Å². The maximum Gasteiger partial charge on any atom is 0.192 e. The molecule has 0 aromatic rings. The van der Waals surface area contributed by atoms with Crippen molar-refractivity contribution in [3.05, 3.63) is 0 Å². The molecule has 0 N–H and O–H groups in total. The van der Waals surface area contributed by atoms with Crippen LogP contribution < -0.4 is 0 Å². The Hall–Kier alpha value is 0.177. The predicted octanol–water partition coefficient (Wildman–Crippen LogP) is 4.83. The maximum absolute atomic E-state index is 6.93. The van der Waals surface area contributed by atoms with Gasteiger partial charge in [-0.1, -0.05) is 34.6 Å². The lowest BCUT2D eigenvalue weighted by atomic mass is 9.48. The Morgan fingerprint density at radius 3 is 2.17 bits per heavy atom. The Kier molecular flexibility index (Phi) is 2.38. The fourth-order valence-corrected chi connectivity index (χ4v) is 6.10. The van der Waals surface area contributed by atoms with Crippen LogP contribution in [0.25, 0.3) is 0 Å². The molecule has 0 radical (unpaired) electrons. The summed E-state index contributed by atoms with van der Waals surface area (Å²) in [6.45, 7) is 16.9. The average Bonchev–Trinajstić information content (AvgIpc) is 2.87. The first-order chi connectivity index (χ1) is 8.01. The molecule has 0 aliphatic heterocycles. The third kappa shape index (κ3) is 1.48. The summed E-state index contributed by atoms with van der Waals surface area (Å²) in [5, 5.41) is 0.347. The topological polar surface area (TPSA) is 9.23 Å². The van der Waals surface area contributed by atoms with Crippen LogP contribution in [0.4, 0.5) is 0 Å². The lowest BCUT2D eigenvalue weighted by Crippen LogP contribution is -2.60. The van der Waals surface area contributed by atoms with Crippen LogP contribution in [0.3, 0.4) is 0 Å². The predicted molar refractivity (Wildman–Crippen MR) is 79.1 cm³/mol. The zero-order valence-corrected chi connectivity index (χ0v) is 14.3. The molecule has 4 aliphatic carbocycles. The zero-order chi connectivity index (χ0) is 13.6. The first kappa shape index (κ1) is 13.2. The van der Waals surface area contributed by atoms with Crippen molar-refractivity contribution >= 4 is 8.32 Å². The highest BCUT2D eigenvalue weighted by Gasteiger charge is 2.74. The molecule has 4 aliphatic rings. The molecule has 0 amide bonds. The third-order valence-electron chi connectivity index (χ3n) is 6.98. The summed E-state index contributed by atoms with van der Waals surface area (Å²) in [5.41, 5.74) is 0.858. The van der Waals surface area contributed by atoms with E-state index in [0.717, 1.165) is 17.8 Å². The van der Waals surface area contributed by atoms with Crippen molar-refractivity contribution in [3.8, 4) is 0 Å². The van der Waals surface area contributed by atoms with Gasteiger partial charge in [0.15, 0.2) is 8.32 Å². The minimum atomic E-state index is -1.60. The van der Waals surface area contributed by atoms with E-state index in [1.807, 2.05) is 0 Å². The van der Waals surface area contributed by atoms with Crippen molar-refractivity contribution in [1.29, 1.82) is 0 Å². The third-order valence-corrected chi connectivity index (χ3v) is 11.5. The van der Waals surface area contributed by atoms with Crippen LogP contribution >= 0.6 is 0 Å². The molecule has 2 bridgehead atoms. The Balaban J connectivity index is 1.82. The van der Waals surface area contributed by atoms with E-state index >= 15 is 0 Å². The van der Waals surface area contributed by atoms with Crippen LogP contribution in [-0.4, -0.2) is 13.9 Å². The first-order valence-corrected chi connectivity index (χ1v) is 10.6. The fraction of sp³-hybridized carbons (Fsp3) is 1.00. The standard InChI is InChI=1S/C16H30OSi/c1-14(2,3)18(6,7)17-16-10-12(16)8-11-9-13(16)15(11,4)5/h11-13H,8-10H2,1-7H3/t11-,12+,13+,16+/m0/s1. The number of hydrogen-bond donors (Lipinski definition) is 0. The van der Waals surface area contributed by atoms with Crippen molar-refractivity contribution in [2.45, 2.75) is 77.6 Å². The van der Waals surface area contributed by atoms with Gasteiger partial charge >= 0.3 is 0 Å². The molecular weight excluding hydrogens is 236 g/mol. The minimum absolute atomic E-state index is 0.307. The molecule has 1 nitrogen and oxygen atoms in total. The molecule has 0 aromatic heterocycles. The Labute approximate surface area is 114 Å². The van der Waals surface area contributed by atoms with Crippen molar-refractivity contribution in [3.63, 3.8) is 0 Å². The lowest BCUT2D eigenvalue weighted by molar-refractivity contribution is -0.145.